The molecule has 22 heavy (non-hydrogen) atoms. The predicted molar refractivity (Wildman–Crippen MR) is 90.1 cm³/mol. The summed E-state index contributed by atoms with van der Waals surface area (Å²) in [5, 5.41) is 8.25. The lowest BCUT2D eigenvalue weighted by Gasteiger charge is -1.97. The van der Waals surface area contributed by atoms with E-state index in [0.717, 1.165) is 37.0 Å². The number of aromatic nitrogens is 4. The molecule has 1 amide bonds. The molecule has 3 aromatic heterocycles. The number of aryl methyl sites for hydroxylation is 2. The molecule has 3 heterocycles. The van der Waals surface area contributed by atoms with Gasteiger partial charge in [0.1, 0.15) is 10.4 Å². The molecule has 1 aromatic carbocycles. The number of carbonyl (C=O) groups excluding carboxylic acids is 1. The molecule has 0 aliphatic heterocycles. The van der Waals surface area contributed by atoms with E-state index in [2.05, 4.69) is 24.9 Å². The Morgan fingerprint density at radius 1 is 1.18 bits per heavy atom. The van der Waals surface area contributed by atoms with Crippen LogP contribution in [0.15, 0.2) is 12.1 Å². The van der Waals surface area contributed by atoms with Gasteiger partial charge in [-0.15, -0.1) is 16.4 Å². The van der Waals surface area contributed by atoms with Crippen molar-refractivity contribution >= 4 is 65.7 Å². The van der Waals surface area contributed by atoms with Crippen molar-refractivity contribution in [2.24, 2.45) is 0 Å². The number of hydrogen-bond donors (Lipinski definition) is 1. The highest BCUT2D eigenvalue weighted by atomic mass is 32.1. The molecular formula is C13H9N5OS3. The van der Waals surface area contributed by atoms with Crippen LogP contribution in [0, 0.1) is 13.8 Å². The van der Waals surface area contributed by atoms with Crippen LogP contribution in [0.3, 0.4) is 0 Å². The number of thiazole rings is 2. The quantitative estimate of drug-likeness (QED) is 0.599. The first-order valence-corrected chi connectivity index (χ1v) is 8.79. The van der Waals surface area contributed by atoms with Crippen LogP contribution in [0.5, 0.6) is 0 Å². The SMILES string of the molecule is Cc1nc2c(ccc3nc(NC(=O)c4snnc4C)sc32)s1. The van der Waals surface area contributed by atoms with Crippen LogP contribution in [0.2, 0.25) is 0 Å². The average molecular weight is 347 g/mol. The molecule has 0 bridgehead atoms. The number of rotatable bonds is 2. The molecule has 0 aliphatic carbocycles. The molecule has 9 heteroatoms. The largest absolute Gasteiger partial charge is 0.297 e. The normalized spacial score (nSPS) is 11.4. The zero-order valence-electron chi connectivity index (χ0n) is 11.6. The number of hydrogen-bond acceptors (Lipinski definition) is 8. The summed E-state index contributed by atoms with van der Waals surface area (Å²) in [6.07, 6.45) is 0. The lowest BCUT2D eigenvalue weighted by molar-refractivity contribution is 0.103. The van der Waals surface area contributed by atoms with Crippen molar-refractivity contribution < 1.29 is 4.79 Å². The molecule has 4 rings (SSSR count). The molecule has 110 valence electrons. The lowest BCUT2D eigenvalue weighted by Crippen LogP contribution is -2.11. The van der Waals surface area contributed by atoms with Gasteiger partial charge in [-0.2, -0.15) is 0 Å². The second-order valence-corrected chi connectivity index (χ2v) is 7.64. The molecule has 6 nitrogen and oxygen atoms in total. The van der Waals surface area contributed by atoms with Gasteiger partial charge in [-0.25, -0.2) is 9.97 Å². The summed E-state index contributed by atoms with van der Waals surface area (Å²) in [6, 6.07) is 3.98. The van der Waals surface area contributed by atoms with E-state index in [4.69, 9.17) is 0 Å². The second kappa shape index (κ2) is 5.04. The van der Waals surface area contributed by atoms with Gasteiger partial charge < -0.3 is 0 Å². The summed E-state index contributed by atoms with van der Waals surface area (Å²) in [4.78, 5) is 21.7. The molecule has 0 fully saturated rings. The van der Waals surface area contributed by atoms with Gasteiger partial charge in [0.2, 0.25) is 0 Å². The van der Waals surface area contributed by atoms with Crippen LogP contribution >= 0.6 is 34.2 Å². The van der Waals surface area contributed by atoms with Crippen molar-refractivity contribution in [2.75, 3.05) is 5.32 Å². The summed E-state index contributed by atoms with van der Waals surface area (Å²) < 4.78 is 5.91. The average Bonchev–Trinajstić information content (AvgIpc) is 3.14. The van der Waals surface area contributed by atoms with E-state index in [-0.39, 0.29) is 5.91 Å². The highest BCUT2D eigenvalue weighted by Gasteiger charge is 2.16. The molecule has 0 saturated carbocycles. The molecule has 0 spiro atoms. The predicted octanol–water partition coefficient (Wildman–Crippen LogP) is 3.63. The summed E-state index contributed by atoms with van der Waals surface area (Å²) in [6.45, 7) is 3.75. The van der Waals surface area contributed by atoms with Crippen molar-refractivity contribution in [3.8, 4) is 0 Å². The minimum Gasteiger partial charge on any atom is -0.297 e. The third-order valence-electron chi connectivity index (χ3n) is 3.10. The number of carbonyl (C=O) groups is 1. The molecule has 0 atom stereocenters. The number of fused-ring (bicyclic) bond motifs is 3. The van der Waals surface area contributed by atoms with Crippen LogP contribution in [0.1, 0.15) is 20.4 Å². The molecule has 0 aliphatic rings. The molecule has 4 aromatic rings. The summed E-state index contributed by atoms with van der Waals surface area (Å²) in [5.74, 6) is -0.225. The Kier molecular flexibility index (Phi) is 3.13. The Balaban J connectivity index is 1.75. The van der Waals surface area contributed by atoms with Gasteiger partial charge in [0, 0.05) is 0 Å². The first-order valence-electron chi connectivity index (χ1n) is 6.39. The maximum Gasteiger partial charge on any atom is 0.271 e. The Bertz CT molecular complexity index is 1020. The number of benzene rings is 1. The topological polar surface area (TPSA) is 80.7 Å². The minimum absolute atomic E-state index is 0.225. The summed E-state index contributed by atoms with van der Waals surface area (Å²) >= 11 is 4.17. The molecular weight excluding hydrogens is 338 g/mol. The smallest absolute Gasteiger partial charge is 0.271 e. The Hall–Kier alpha value is -1.97. The lowest BCUT2D eigenvalue weighted by atomic mass is 10.3. The van der Waals surface area contributed by atoms with Gasteiger partial charge in [-0.05, 0) is 37.5 Å². The van der Waals surface area contributed by atoms with Crippen molar-refractivity contribution in [3.05, 3.63) is 27.7 Å². The van der Waals surface area contributed by atoms with Crippen molar-refractivity contribution in [3.63, 3.8) is 0 Å². The maximum atomic E-state index is 12.2. The highest BCUT2D eigenvalue weighted by Crippen LogP contribution is 2.34. The molecule has 0 radical (unpaired) electrons. The fourth-order valence-corrected chi connectivity index (χ4v) is 4.54. The number of nitrogens with zero attached hydrogens (tertiary/aromatic N) is 4. The Labute approximate surface area is 137 Å². The monoisotopic (exact) mass is 347 g/mol. The zero-order valence-corrected chi connectivity index (χ0v) is 14.0. The van der Waals surface area contributed by atoms with Crippen molar-refractivity contribution in [2.45, 2.75) is 13.8 Å². The fourth-order valence-electron chi connectivity index (χ4n) is 2.13. The van der Waals surface area contributed by atoms with E-state index in [1.165, 1.54) is 11.3 Å². The standard InChI is InChI=1S/C13H9N5OS3/c1-5-10(22-18-17-5)12(19)16-13-15-7-3-4-8-9(11(7)21-13)14-6(2)20-8/h3-4H,1-2H3,(H,15,16,19). The number of nitrogens with one attached hydrogen (secondary N) is 1. The van der Waals surface area contributed by atoms with Gasteiger partial charge in [0.25, 0.3) is 5.91 Å². The first kappa shape index (κ1) is 13.7. The van der Waals surface area contributed by atoms with Crippen molar-refractivity contribution in [1.29, 1.82) is 0 Å². The van der Waals surface area contributed by atoms with Gasteiger partial charge in [0.15, 0.2) is 5.13 Å². The second-order valence-electron chi connectivity index (χ2n) is 4.65. The van der Waals surface area contributed by atoms with Crippen LogP contribution in [-0.2, 0) is 0 Å². The van der Waals surface area contributed by atoms with E-state index in [1.807, 2.05) is 19.1 Å². The summed E-state index contributed by atoms with van der Waals surface area (Å²) in [5.41, 5.74) is 2.42. The van der Waals surface area contributed by atoms with Gasteiger partial charge in [0.05, 0.1) is 25.6 Å². The highest BCUT2D eigenvalue weighted by molar-refractivity contribution is 7.24. The Morgan fingerprint density at radius 3 is 2.82 bits per heavy atom. The van der Waals surface area contributed by atoms with Crippen molar-refractivity contribution in [1.82, 2.24) is 19.6 Å². The third-order valence-corrected chi connectivity index (χ3v) is 5.86. The van der Waals surface area contributed by atoms with Gasteiger partial charge in [-0.3, -0.25) is 10.1 Å². The minimum atomic E-state index is -0.225. The number of anilines is 1. The summed E-state index contributed by atoms with van der Waals surface area (Å²) in [7, 11) is 0. The van der Waals surface area contributed by atoms with Crippen LogP contribution in [0.25, 0.3) is 20.4 Å². The zero-order chi connectivity index (χ0) is 15.3. The Morgan fingerprint density at radius 2 is 2.05 bits per heavy atom. The molecule has 0 saturated heterocycles. The van der Waals surface area contributed by atoms with Gasteiger partial charge in [-0.1, -0.05) is 15.8 Å². The van der Waals surface area contributed by atoms with E-state index >= 15 is 0 Å². The van der Waals surface area contributed by atoms with Crippen LogP contribution in [0.4, 0.5) is 5.13 Å². The van der Waals surface area contributed by atoms with E-state index in [0.29, 0.717) is 15.7 Å². The first-order chi connectivity index (χ1) is 10.6. The van der Waals surface area contributed by atoms with Gasteiger partial charge >= 0.3 is 0 Å². The molecule has 1 N–H and O–H groups in total. The fraction of sp³-hybridized carbons (Fsp3) is 0.154. The number of amides is 1. The van der Waals surface area contributed by atoms with E-state index in [9.17, 15) is 4.79 Å². The van der Waals surface area contributed by atoms with E-state index in [1.54, 1.807) is 18.3 Å². The third kappa shape index (κ3) is 2.18. The van der Waals surface area contributed by atoms with Crippen LogP contribution in [-0.4, -0.2) is 25.5 Å². The van der Waals surface area contributed by atoms with E-state index < -0.39 is 0 Å². The molecule has 0 unspecified atom stereocenters. The maximum absolute atomic E-state index is 12.2. The van der Waals surface area contributed by atoms with Crippen LogP contribution < -0.4 is 5.32 Å².